The SMILES string of the molecule is CCCCNNC(=O)[C@@]1(CCC(=O)OC(C)(C)C)N=C(c2ccc(OCCCO)cc2)O[C@H]1c1ccccc1CN=[N+]=[N-]. The van der Waals surface area contributed by atoms with E-state index in [1.807, 2.05) is 25.1 Å². The summed E-state index contributed by atoms with van der Waals surface area (Å²) in [5.41, 5.74) is 14.4. The van der Waals surface area contributed by atoms with E-state index in [9.17, 15) is 9.59 Å². The zero-order chi connectivity index (χ0) is 31.3. The first-order chi connectivity index (χ1) is 20.6. The van der Waals surface area contributed by atoms with Crippen LogP contribution in [0.25, 0.3) is 10.4 Å². The molecule has 0 radical (unpaired) electrons. The molecule has 0 spiro atoms. The first-order valence-corrected chi connectivity index (χ1v) is 14.6. The van der Waals surface area contributed by atoms with Crippen molar-refractivity contribution in [2.75, 3.05) is 19.8 Å². The lowest BCUT2D eigenvalue weighted by atomic mass is 9.82. The van der Waals surface area contributed by atoms with Crippen LogP contribution in [0.4, 0.5) is 0 Å². The molecular formula is C31H42N6O6. The van der Waals surface area contributed by atoms with Gasteiger partial charge in [-0.1, -0.05) is 42.7 Å². The number of hydrogen-bond donors (Lipinski definition) is 3. The molecule has 0 unspecified atom stereocenters. The van der Waals surface area contributed by atoms with Gasteiger partial charge in [-0.15, -0.1) is 0 Å². The van der Waals surface area contributed by atoms with Crippen molar-refractivity contribution in [1.82, 2.24) is 10.9 Å². The van der Waals surface area contributed by atoms with E-state index in [4.69, 9.17) is 29.8 Å². The number of carbonyl (C=O) groups excluding carboxylic acids is 2. The summed E-state index contributed by atoms with van der Waals surface area (Å²) in [6, 6.07) is 14.3. The number of benzene rings is 2. The molecule has 2 atom stereocenters. The molecule has 0 saturated heterocycles. The molecule has 1 aliphatic rings. The van der Waals surface area contributed by atoms with Crippen LogP contribution in [0.1, 0.15) is 82.6 Å². The van der Waals surface area contributed by atoms with Gasteiger partial charge in [-0.3, -0.25) is 15.0 Å². The van der Waals surface area contributed by atoms with Gasteiger partial charge in [0, 0.05) is 36.5 Å². The van der Waals surface area contributed by atoms with Crippen molar-refractivity contribution in [2.45, 2.75) is 83.6 Å². The fourth-order valence-corrected chi connectivity index (χ4v) is 4.59. The minimum absolute atomic E-state index is 0.00439. The molecular weight excluding hydrogens is 552 g/mol. The number of aliphatic hydroxyl groups is 1. The number of azide groups is 1. The first-order valence-electron chi connectivity index (χ1n) is 14.6. The molecule has 0 bridgehead atoms. The quantitative estimate of drug-likeness (QED) is 0.0610. The van der Waals surface area contributed by atoms with Gasteiger partial charge in [0.1, 0.15) is 11.4 Å². The van der Waals surface area contributed by atoms with Gasteiger partial charge in [0.15, 0.2) is 11.6 Å². The number of amides is 1. The zero-order valence-electron chi connectivity index (χ0n) is 25.3. The number of hydrazine groups is 1. The minimum Gasteiger partial charge on any atom is -0.494 e. The molecule has 2 aromatic carbocycles. The largest absolute Gasteiger partial charge is 0.494 e. The Hall–Kier alpha value is -4.12. The molecule has 0 aromatic heterocycles. The summed E-state index contributed by atoms with van der Waals surface area (Å²) in [5, 5.41) is 12.8. The molecule has 1 aliphatic heterocycles. The molecule has 232 valence electrons. The molecule has 1 heterocycles. The van der Waals surface area contributed by atoms with Crippen molar-refractivity contribution in [2.24, 2.45) is 10.1 Å². The van der Waals surface area contributed by atoms with Crippen molar-refractivity contribution in [3.63, 3.8) is 0 Å². The fraction of sp³-hybridized carbons (Fsp3) is 0.516. The minimum atomic E-state index is -1.56. The maximum absolute atomic E-state index is 14.1. The molecule has 2 aromatic rings. The Morgan fingerprint density at radius 3 is 2.58 bits per heavy atom. The summed E-state index contributed by atoms with van der Waals surface area (Å²) >= 11 is 0. The molecule has 12 heteroatoms. The monoisotopic (exact) mass is 594 g/mol. The Kier molecular flexibility index (Phi) is 12.4. The highest BCUT2D eigenvalue weighted by molar-refractivity contribution is 6.01. The average Bonchev–Trinajstić information content (AvgIpc) is 3.37. The lowest BCUT2D eigenvalue weighted by Crippen LogP contribution is -2.53. The van der Waals surface area contributed by atoms with E-state index < -0.39 is 29.1 Å². The molecule has 12 nitrogen and oxygen atoms in total. The number of rotatable bonds is 16. The zero-order valence-corrected chi connectivity index (χ0v) is 25.3. The molecule has 3 N–H and O–H groups in total. The number of nitrogens with zero attached hydrogens (tertiary/aromatic N) is 4. The van der Waals surface area contributed by atoms with Crippen LogP contribution in [0.15, 0.2) is 58.6 Å². The number of esters is 1. The van der Waals surface area contributed by atoms with E-state index in [2.05, 4.69) is 20.9 Å². The number of aliphatic imine (C=N–C) groups is 1. The lowest BCUT2D eigenvalue weighted by molar-refractivity contribution is -0.155. The third kappa shape index (κ3) is 9.44. The molecule has 43 heavy (non-hydrogen) atoms. The van der Waals surface area contributed by atoms with E-state index in [-0.39, 0.29) is 31.9 Å². The predicted molar refractivity (Wildman–Crippen MR) is 162 cm³/mol. The van der Waals surface area contributed by atoms with Gasteiger partial charge in [-0.05, 0) is 74.5 Å². The lowest BCUT2D eigenvalue weighted by Gasteiger charge is -2.31. The Morgan fingerprint density at radius 2 is 1.91 bits per heavy atom. The predicted octanol–water partition coefficient (Wildman–Crippen LogP) is 5.06. The number of carbonyl (C=O) groups is 2. The van der Waals surface area contributed by atoms with Crippen molar-refractivity contribution >= 4 is 17.8 Å². The highest BCUT2D eigenvalue weighted by Crippen LogP contribution is 2.44. The van der Waals surface area contributed by atoms with Crippen LogP contribution in [0.5, 0.6) is 5.75 Å². The number of nitrogens with one attached hydrogen (secondary N) is 2. The highest BCUT2D eigenvalue weighted by Gasteiger charge is 2.54. The molecule has 1 amide bonds. The van der Waals surface area contributed by atoms with Crippen molar-refractivity contribution < 1.29 is 28.9 Å². The van der Waals surface area contributed by atoms with E-state index in [0.717, 1.165) is 12.8 Å². The maximum Gasteiger partial charge on any atom is 0.306 e. The second-order valence-electron chi connectivity index (χ2n) is 11.2. The van der Waals surface area contributed by atoms with Gasteiger partial charge in [-0.2, -0.15) is 0 Å². The standard InChI is InChI=1S/C31H42N6O6/c1-5-6-18-33-36-29(40)31(17-16-26(39)43-30(2,3)4)27(25-11-8-7-10-23(25)21-34-37-32)42-28(35-31)22-12-14-24(15-13-22)41-20-9-19-38/h7-8,10-15,27,33,38H,5-6,9,16-21H2,1-4H3,(H,36,40)/t27-,31-/m0/s1. The van der Waals surface area contributed by atoms with Gasteiger partial charge >= 0.3 is 5.97 Å². The Bertz CT molecular complexity index is 1300. The summed E-state index contributed by atoms with van der Waals surface area (Å²) in [4.78, 5) is 34.8. The van der Waals surface area contributed by atoms with Gasteiger partial charge in [0.25, 0.3) is 5.91 Å². The molecule has 0 fully saturated rings. The van der Waals surface area contributed by atoms with Crippen molar-refractivity contribution in [3.05, 3.63) is 75.7 Å². The molecule has 3 rings (SSSR count). The summed E-state index contributed by atoms with van der Waals surface area (Å²) < 4.78 is 17.7. The number of ether oxygens (including phenoxy) is 3. The van der Waals surface area contributed by atoms with Gasteiger partial charge in [-0.25, -0.2) is 10.4 Å². The molecule has 0 aliphatic carbocycles. The van der Waals surface area contributed by atoms with Gasteiger partial charge in [0.05, 0.1) is 13.2 Å². The van der Waals surface area contributed by atoms with E-state index >= 15 is 0 Å². The normalized spacial score (nSPS) is 17.8. The second-order valence-corrected chi connectivity index (χ2v) is 11.2. The first kappa shape index (κ1) is 33.4. The van der Waals surface area contributed by atoms with Crippen LogP contribution in [0.3, 0.4) is 0 Å². The summed E-state index contributed by atoms with van der Waals surface area (Å²) in [5.74, 6) is -0.0954. The topological polar surface area (TPSA) is 167 Å². The van der Waals surface area contributed by atoms with E-state index in [1.165, 1.54) is 0 Å². The van der Waals surface area contributed by atoms with Crippen LogP contribution in [-0.4, -0.2) is 53.8 Å². The van der Waals surface area contributed by atoms with Crippen LogP contribution in [0, 0.1) is 0 Å². The summed E-state index contributed by atoms with van der Waals surface area (Å²) in [7, 11) is 0. The van der Waals surface area contributed by atoms with Gasteiger partial charge < -0.3 is 19.3 Å². The third-order valence-electron chi connectivity index (χ3n) is 6.66. The molecule has 0 saturated carbocycles. The number of aliphatic hydroxyl groups excluding tert-OH is 1. The summed E-state index contributed by atoms with van der Waals surface area (Å²) in [6.07, 6.45) is 1.26. The number of unbranched alkanes of at least 4 members (excludes halogenated alkanes) is 1. The Morgan fingerprint density at radius 1 is 1.16 bits per heavy atom. The second kappa shape index (κ2) is 15.9. The fourth-order valence-electron chi connectivity index (χ4n) is 4.59. The Labute approximate surface area is 252 Å². The van der Waals surface area contributed by atoms with Crippen LogP contribution < -0.4 is 15.6 Å². The van der Waals surface area contributed by atoms with Crippen molar-refractivity contribution in [3.8, 4) is 5.75 Å². The van der Waals surface area contributed by atoms with Crippen LogP contribution >= 0.6 is 0 Å². The van der Waals surface area contributed by atoms with Crippen molar-refractivity contribution in [1.29, 1.82) is 0 Å². The third-order valence-corrected chi connectivity index (χ3v) is 6.66. The van der Waals surface area contributed by atoms with Crippen LogP contribution in [0.2, 0.25) is 0 Å². The smallest absolute Gasteiger partial charge is 0.306 e. The maximum atomic E-state index is 14.1. The average molecular weight is 595 g/mol. The highest BCUT2D eigenvalue weighted by atomic mass is 16.6. The number of hydrogen-bond acceptors (Lipinski definition) is 9. The van der Waals surface area contributed by atoms with E-state index in [0.29, 0.717) is 42.0 Å². The van der Waals surface area contributed by atoms with E-state index in [1.54, 1.807) is 51.1 Å². The Balaban J connectivity index is 2.07. The van der Waals surface area contributed by atoms with Gasteiger partial charge in [0.2, 0.25) is 5.90 Å². The van der Waals surface area contributed by atoms with Crippen LogP contribution in [-0.2, 0) is 25.6 Å². The summed E-state index contributed by atoms with van der Waals surface area (Å²) in [6.45, 7) is 8.40.